The molecule has 1 aliphatic heterocycles. The van der Waals surface area contributed by atoms with Crippen LogP contribution in [0.1, 0.15) is 16.8 Å². The van der Waals surface area contributed by atoms with Gasteiger partial charge in [0.05, 0.1) is 5.56 Å². The molecule has 1 saturated heterocycles. The Morgan fingerprint density at radius 3 is 2.68 bits per heavy atom. The molecule has 1 aromatic rings. The summed E-state index contributed by atoms with van der Waals surface area (Å²) in [4.78, 5) is 16.2. The van der Waals surface area contributed by atoms with Crippen molar-refractivity contribution in [3.63, 3.8) is 0 Å². The number of ether oxygens (including phenoxy) is 1. The number of carbonyl (C=O) groups excluding carboxylic acids is 1. The van der Waals surface area contributed by atoms with Gasteiger partial charge in [-0.1, -0.05) is 0 Å². The number of nitrogens with one attached hydrogen (secondary N) is 1. The molecule has 0 atom stereocenters. The Morgan fingerprint density at radius 2 is 2.05 bits per heavy atom. The number of benzene rings is 1. The number of anilines is 2. The maximum absolute atomic E-state index is 11.6. The van der Waals surface area contributed by atoms with E-state index in [-0.39, 0.29) is 0 Å². The van der Waals surface area contributed by atoms with Gasteiger partial charge < -0.3 is 25.6 Å². The Balaban J connectivity index is 2.10. The van der Waals surface area contributed by atoms with Crippen LogP contribution in [0.3, 0.4) is 0 Å². The maximum atomic E-state index is 11.6. The van der Waals surface area contributed by atoms with Crippen molar-refractivity contribution in [1.29, 1.82) is 0 Å². The second-order valence-corrected chi connectivity index (χ2v) is 5.66. The van der Waals surface area contributed by atoms with Crippen LogP contribution in [0.15, 0.2) is 18.2 Å². The molecule has 22 heavy (non-hydrogen) atoms. The van der Waals surface area contributed by atoms with Crippen LogP contribution in [0.4, 0.5) is 11.4 Å². The fourth-order valence-corrected chi connectivity index (χ4v) is 2.59. The second kappa shape index (κ2) is 8.00. The van der Waals surface area contributed by atoms with Gasteiger partial charge in [-0.2, -0.15) is 0 Å². The van der Waals surface area contributed by atoms with Gasteiger partial charge in [0, 0.05) is 57.8 Å². The van der Waals surface area contributed by atoms with Crippen LogP contribution in [-0.4, -0.2) is 64.3 Å². The molecule has 3 N–H and O–H groups in total. The van der Waals surface area contributed by atoms with Gasteiger partial charge in [0.2, 0.25) is 0 Å². The SMILES string of the molecule is COCCCNc1cc(N2CCN(C)CC2)ccc1C(N)=O. The number of carbonyl (C=O) groups is 1. The molecule has 0 aliphatic carbocycles. The number of nitrogens with two attached hydrogens (primary N) is 1. The van der Waals surface area contributed by atoms with Gasteiger partial charge in [-0.05, 0) is 31.7 Å². The predicted molar refractivity (Wildman–Crippen MR) is 89.7 cm³/mol. The molecule has 0 bridgehead atoms. The number of hydrogen-bond acceptors (Lipinski definition) is 5. The van der Waals surface area contributed by atoms with E-state index in [0.717, 1.165) is 50.5 Å². The van der Waals surface area contributed by atoms with Crippen LogP contribution in [0, 0.1) is 0 Å². The monoisotopic (exact) mass is 306 g/mol. The lowest BCUT2D eigenvalue weighted by Crippen LogP contribution is -2.44. The number of methoxy groups -OCH3 is 1. The summed E-state index contributed by atoms with van der Waals surface area (Å²) in [5, 5.41) is 3.30. The third-order valence-electron chi connectivity index (χ3n) is 3.98. The molecule has 0 aromatic heterocycles. The first-order chi connectivity index (χ1) is 10.6. The second-order valence-electron chi connectivity index (χ2n) is 5.66. The van der Waals surface area contributed by atoms with Crippen LogP contribution < -0.4 is 16.0 Å². The largest absolute Gasteiger partial charge is 0.385 e. The Hall–Kier alpha value is -1.79. The van der Waals surface area contributed by atoms with Gasteiger partial charge in [-0.3, -0.25) is 4.79 Å². The molecular weight excluding hydrogens is 280 g/mol. The summed E-state index contributed by atoms with van der Waals surface area (Å²) in [6.07, 6.45) is 0.882. The third kappa shape index (κ3) is 4.35. The Kier molecular flexibility index (Phi) is 6.03. The van der Waals surface area contributed by atoms with Gasteiger partial charge >= 0.3 is 0 Å². The van der Waals surface area contributed by atoms with Crippen molar-refractivity contribution >= 4 is 17.3 Å². The quantitative estimate of drug-likeness (QED) is 0.735. The molecule has 1 aromatic carbocycles. The highest BCUT2D eigenvalue weighted by atomic mass is 16.5. The summed E-state index contributed by atoms with van der Waals surface area (Å²) in [5.74, 6) is -0.404. The third-order valence-corrected chi connectivity index (χ3v) is 3.98. The molecule has 2 rings (SSSR count). The van der Waals surface area contributed by atoms with Gasteiger partial charge in [0.1, 0.15) is 0 Å². The number of piperazine rings is 1. The number of amides is 1. The minimum atomic E-state index is -0.404. The van der Waals surface area contributed by atoms with Crippen molar-refractivity contribution in [2.24, 2.45) is 5.73 Å². The molecule has 1 fully saturated rings. The van der Waals surface area contributed by atoms with Crippen molar-refractivity contribution in [3.8, 4) is 0 Å². The normalized spacial score (nSPS) is 15.8. The lowest BCUT2D eigenvalue weighted by Gasteiger charge is -2.34. The summed E-state index contributed by atoms with van der Waals surface area (Å²) in [7, 11) is 3.82. The molecule has 0 radical (unpaired) electrons. The summed E-state index contributed by atoms with van der Waals surface area (Å²) >= 11 is 0. The van der Waals surface area contributed by atoms with E-state index in [2.05, 4.69) is 22.2 Å². The molecular formula is C16H26N4O2. The van der Waals surface area contributed by atoms with Gasteiger partial charge in [0.25, 0.3) is 5.91 Å². The molecule has 6 heteroatoms. The molecule has 0 spiro atoms. The van der Waals surface area contributed by atoms with Crippen LogP contribution >= 0.6 is 0 Å². The van der Waals surface area contributed by atoms with E-state index in [1.807, 2.05) is 18.2 Å². The maximum Gasteiger partial charge on any atom is 0.250 e. The fourth-order valence-electron chi connectivity index (χ4n) is 2.59. The number of primary amides is 1. The summed E-state index contributed by atoms with van der Waals surface area (Å²) < 4.78 is 5.04. The molecule has 6 nitrogen and oxygen atoms in total. The lowest BCUT2D eigenvalue weighted by molar-refractivity contribution is 0.100. The standard InChI is InChI=1S/C16H26N4O2/c1-19-7-9-20(10-8-19)13-4-5-14(16(17)21)15(12-13)18-6-3-11-22-2/h4-5,12,18H,3,6-11H2,1-2H3,(H2,17,21). The van der Waals surface area contributed by atoms with Crippen molar-refractivity contribution in [3.05, 3.63) is 23.8 Å². The first-order valence-electron chi connectivity index (χ1n) is 7.72. The highest BCUT2D eigenvalue weighted by Gasteiger charge is 2.16. The van der Waals surface area contributed by atoms with Crippen molar-refractivity contribution in [2.45, 2.75) is 6.42 Å². The van der Waals surface area contributed by atoms with Crippen LogP contribution in [0.2, 0.25) is 0 Å². The molecule has 1 heterocycles. The van der Waals surface area contributed by atoms with Crippen LogP contribution in [0.5, 0.6) is 0 Å². The van der Waals surface area contributed by atoms with Crippen molar-refractivity contribution in [2.75, 3.05) is 63.7 Å². The van der Waals surface area contributed by atoms with E-state index in [1.54, 1.807) is 7.11 Å². The van der Waals surface area contributed by atoms with E-state index < -0.39 is 5.91 Å². The molecule has 122 valence electrons. The smallest absolute Gasteiger partial charge is 0.250 e. The zero-order valence-electron chi connectivity index (χ0n) is 13.5. The number of nitrogens with zero attached hydrogens (tertiary/aromatic N) is 2. The number of likely N-dealkylation sites (N-methyl/N-ethyl adjacent to an activating group) is 1. The summed E-state index contributed by atoms with van der Waals surface area (Å²) in [5.41, 5.74) is 7.94. The highest BCUT2D eigenvalue weighted by Crippen LogP contribution is 2.24. The molecule has 1 aliphatic rings. The van der Waals surface area contributed by atoms with E-state index in [4.69, 9.17) is 10.5 Å². The van der Waals surface area contributed by atoms with Gasteiger partial charge in [-0.25, -0.2) is 0 Å². The first kappa shape index (κ1) is 16.6. The number of rotatable bonds is 7. The average Bonchev–Trinajstić information content (AvgIpc) is 2.52. The van der Waals surface area contributed by atoms with E-state index in [0.29, 0.717) is 12.2 Å². The highest BCUT2D eigenvalue weighted by molar-refractivity contribution is 5.99. The van der Waals surface area contributed by atoms with Crippen molar-refractivity contribution in [1.82, 2.24) is 4.90 Å². The fraction of sp³-hybridized carbons (Fsp3) is 0.562. The van der Waals surface area contributed by atoms with Crippen LogP contribution in [0.25, 0.3) is 0 Å². The number of hydrogen-bond donors (Lipinski definition) is 2. The van der Waals surface area contributed by atoms with Crippen molar-refractivity contribution < 1.29 is 9.53 Å². The van der Waals surface area contributed by atoms with Gasteiger partial charge in [0.15, 0.2) is 0 Å². The Labute approximate surface area is 132 Å². The van der Waals surface area contributed by atoms with E-state index >= 15 is 0 Å². The molecule has 0 unspecified atom stereocenters. The van der Waals surface area contributed by atoms with E-state index in [1.165, 1.54) is 0 Å². The summed E-state index contributed by atoms with van der Waals surface area (Å²) in [6, 6.07) is 5.82. The Bertz CT molecular complexity index is 499. The minimum absolute atomic E-state index is 0.404. The lowest BCUT2D eigenvalue weighted by atomic mass is 10.1. The Morgan fingerprint density at radius 1 is 1.32 bits per heavy atom. The summed E-state index contributed by atoms with van der Waals surface area (Å²) in [6.45, 7) is 5.53. The van der Waals surface area contributed by atoms with Gasteiger partial charge in [-0.15, -0.1) is 0 Å². The molecule has 1 amide bonds. The predicted octanol–water partition coefficient (Wildman–Crippen LogP) is 0.986. The zero-order chi connectivity index (χ0) is 15.9. The minimum Gasteiger partial charge on any atom is -0.385 e. The topological polar surface area (TPSA) is 70.8 Å². The zero-order valence-corrected chi connectivity index (χ0v) is 13.5. The average molecular weight is 306 g/mol. The first-order valence-corrected chi connectivity index (χ1v) is 7.72. The van der Waals surface area contributed by atoms with Crippen LogP contribution in [-0.2, 0) is 4.74 Å². The van der Waals surface area contributed by atoms with E-state index in [9.17, 15) is 4.79 Å². The molecule has 0 saturated carbocycles.